The summed E-state index contributed by atoms with van der Waals surface area (Å²) in [7, 11) is 1.97. The van der Waals surface area contributed by atoms with Gasteiger partial charge in [0.25, 0.3) is 0 Å². The summed E-state index contributed by atoms with van der Waals surface area (Å²) in [4.78, 5) is 7.83. The van der Waals surface area contributed by atoms with Gasteiger partial charge < -0.3 is 15.6 Å². The fourth-order valence-electron chi connectivity index (χ4n) is 3.48. The lowest BCUT2D eigenvalue weighted by atomic mass is 10.1. The molecule has 0 atom stereocenters. The second-order valence-corrected chi connectivity index (χ2v) is 6.96. The molecule has 28 heavy (non-hydrogen) atoms. The highest BCUT2D eigenvalue weighted by Gasteiger charge is 2.09. The Labute approximate surface area is 165 Å². The molecule has 0 unspecified atom stereocenters. The molecule has 3 aromatic rings. The first-order chi connectivity index (χ1) is 13.5. The van der Waals surface area contributed by atoms with Crippen LogP contribution in [0.1, 0.15) is 29.4 Å². The van der Waals surface area contributed by atoms with Gasteiger partial charge >= 0.3 is 0 Å². The highest BCUT2D eigenvalue weighted by molar-refractivity contribution is 5.83. The van der Waals surface area contributed by atoms with Crippen LogP contribution in [0.2, 0.25) is 0 Å². The summed E-state index contributed by atoms with van der Waals surface area (Å²) in [5.74, 6) is 0.590. The molecule has 0 fully saturated rings. The van der Waals surface area contributed by atoms with Crippen molar-refractivity contribution in [3.63, 3.8) is 0 Å². The zero-order valence-electron chi connectivity index (χ0n) is 17.1. The third kappa shape index (κ3) is 4.52. The average Bonchev–Trinajstić information content (AvgIpc) is 3.16. The van der Waals surface area contributed by atoms with Crippen molar-refractivity contribution in [2.45, 2.75) is 33.6 Å². The fraction of sp³-hybridized carbons (Fsp3) is 0.429. The largest absolute Gasteiger partial charge is 0.361 e. The van der Waals surface area contributed by atoms with Crippen molar-refractivity contribution in [1.82, 2.24) is 25.4 Å². The Balaban J connectivity index is 1.57. The van der Waals surface area contributed by atoms with Crippen molar-refractivity contribution >= 4 is 16.9 Å². The summed E-state index contributed by atoms with van der Waals surface area (Å²) in [5.41, 5.74) is 5.54. The molecule has 0 saturated carbocycles. The molecule has 2 heterocycles. The quantitative estimate of drug-likeness (QED) is 0.433. The number of benzene rings is 1. The monoisotopic (exact) mass is 384 g/mol. The lowest BCUT2D eigenvalue weighted by Crippen LogP contribution is -2.38. The Bertz CT molecular complexity index is 969. The van der Waals surface area contributed by atoms with Gasteiger partial charge in [0.2, 0.25) is 0 Å². The lowest BCUT2D eigenvalue weighted by Gasteiger charge is -2.11. The van der Waals surface area contributed by atoms with E-state index in [0.717, 1.165) is 48.5 Å². The molecular formula is C21H29FN6. The number of halogens is 1. The molecule has 0 spiro atoms. The molecule has 0 amide bonds. The Morgan fingerprint density at radius 2 is 2.07 bits per heavy atom. The van der Waals surface area contributed by atoms with Gasteiger partial charge in [-0.1, -0.05) is 0 Å². The first-order valence-electron chi connectivity index (χ1n) is 9.76. The summed E-state index contributed by atoms with van der Waals surface area (Å²) >= 11 is 0. The van der Waals surface area contributed by atoms with Gasteiger partial charge in [-0.15, -0.1) is 0 Å². The summed E-state index contributed by atoms with van der Waals surface area (Å²) in [5, 5.41) is 12.2. The number of hydrogen-bond donors (Lipinski definition) is 3. The first-order valence-corrected chi connectivity index (χ1v) is 9.76. The van der Waals surface area contributed by atoms with Crippen LogP contribution in [0, 0.1) is 19.7 Å². The van der Waals surface area contributed by atoms with Gasteiger partial charge in [-0.3, -0.25) is 9.67 Å². The van der Waals surface area contributed by atoms with E-state index in [2.05, 4.69) is 34.6 Å². The second-order valence-electron chi connectivity index (χ2n) is 6.96. The maximum atomic E-state index is 13.3. The molecular weight excluding hydrogens is 355 g/mol. The Morgan fingerprint density at radius 3 is 2.79 bits per heavy atom. The summed E-state index contributed by atoms with van der Waals surface area (Å²) in [6.45, 7) is 8.46. The molecule has 3 N–H and O–H groups in total. The zero-order valence-corrected chi connectivity index (χ0v) is 17.1. The molecule has 0 radical (unpaired) electrons. The molecule has 3 rings (SSSR count). The van der Waals surface area contributed by atoms with Crippen LogP contribution in [0.3, 0.4) is 0 Å². The minimum Gasteiger partial charge on any atom is -0.361 e. The standard InChI is InChI=1S/C21H29FN6/c1-5-23-21(25-11-9-18-14(2)27-28(4)15(18)3)24-10-8-16-13-26-20-12-17(22)6-7-19(16)20/h6-7,12-13,26H,5,8-11H2,1-4H3,(H2,23,24,25). The lowest BCUT2D eigenvalue weighted by molar-refractivity contribution is 0.629. The van der Waals surface area contributed by atoms with Gasteiger partial charge in [-0.25, -0.2) is 4.39 Å². The molecule has 0 aliphatic carbocycles. The van der Waals surface area contributed by atoms with Crippen molar-refractivity contribution in [3.8, 4) is 0 Å². The molecule has 0 bridgehead atoms. The zero-order chi connectivity index (χ0) is 20.1. The number of rotatable bonds is 7. The number of nitrogens with zero attached hydrogens (tertiary/aromatic N) is 3. The van der Waals surface area contributed by atoms with Gasteiger partial charge in [0.15, 0.2) is 5.96 Å². The molecule has 0 aliphatic rings. The molecule has 0 saturated heterocycles. The van der Waals surface area contributed by atoms with E-state index in [1.807, 2.05) is 30.9 Å². The van der Waals surface area contributed by atoms with Crippen molar-refractivity contribution in [2.24, 2.45) is 12.0 Å². The first kappa shape index (κ1) is 19.9. The minimum atomic E-state index is -0.223. The van der Waals surface area contributed by atoms with Crippen LogP contribution >= 0.6 is 0 Å². The number of guanidine groups is 1. The Kier molecular flexibility index (Phi) is 6.34. The molecule has 6 nitrogen and oxygen atoms in total. The second kappa shape index (κ2) is 8.91. The summed E-state index contributed by atoms with van der Waals surface area (Å²) < 4.78 is 15.2. The number of aryl methyl sites for hydroxylation is 2. The number of aromatic amines is 1. The van der Waals surface area contributed by atoms with Crippen LogP contribution in [0.5, 0.6) is 0 Å². The smallest absolute Gasteiger partial charge is 0.191 e. The van der Waals surface area contributed by atoms with Crippen molar-refractivity contribution in [1.29, 1.82) is 0 Å². The maximum absolute atomic E-state index is 13.3. The van der Waals surface area contributed by atoms with Crippen molar-refractivity contribution in [3.05, 3.63) is 52.7 Å². The van der Waals surface area contributed by atoms with E-state index in [1.54, 1.807) is 0 Å². The van der Waals surface area contributed by atoms with E-state index in [4.69, 9.17) is 4.99 Å². The predicted octanol–water partition coefficient (Wildman–Crippen LogP) is 3.00. The maximum Gasteiger partial charge on any atom is 0.191 e. The van der Waals surface area contributed by atoms with Gasteiger partial charge in [-0.05, 0) is 62.9 Å². The molecule has 150 valence electrons. The number of aromatic nitrogens is 3. The van der Waals surface area contributed by atoms with Crippen LogP contribution in [-0.2, 0) is 19.9 Å². The summed E-state index contributed by atoms with van der Waals surface area (Å²) in [6.07, 6.45) is 3.65. The van der Waals surface area contributed by atoms with E-state index >= 15 is 0 Å². The van der Waals surface area contributed by atoms with Crippen LogP contribution in [-0.4, -0.2) is 40.4 Å². The highest BCUT2D eigenvalue weighted by atomic mass is 19.1. The number of hydrogen-bond acceptors (Lipinski definition) is 2. The van der Waals surface area contributed by atoms with E-state index in [1.165, 1.54) is 29.0 Å². The number of H-pyrrole nitrogens is 1. The van der Waals surface area contributed by atoms with E-state index in [9.17, 15) is 4.39 Å². The normalized spacial score (nSPS) is 12.0. The van der Waals surface area contributed by atoms with Crippen LogP contribution < -0.4 is 10.6 Å². The SMILES string of the molecule is CCNC(=NCCc1c(C)nn(C)c1C)NCCc1c[nH]c2cc(F)ccc12. The average molecular weight is 385 g/mol. The third-order valence-corrected chi connectivity index (χ3v) is 5.05. The Hall–Kier alpha value is -2.83. The third-order valence-electron chi connectivity index (χ3n) is 5.05. The highest BCUT2D eigenvalue weighted by Crippen LogP contribution is 2.19. The van der Waals surface area contributed by atoms with Gasteiger partial charge in [-0.2, -0.15) is 5.10 Å². The van der Waals surface area contributed by atoms with Crippen molar-refractivity contribution < 1.29 is 4.39 Å². The van der Waals surface area contributed by atoms with Crippen molar-refractivity contribution in [2.75, 3.05) is 19.6 Å². The van der Waals surface area contributed by atoms with Crippen LogP contribution in [0.25, 0.3) is 10.9 Å². The molecule has 1 aromatic carbocycles. The van der Waals surface area contributed by atoms with Crippen LogP contribution in [0.15, 0.2) is 29.4 Å². The topological polar surface area (TPSA) is 70.0 Å². The van der Waals surface area contributed by atoms with E-state index in [0.29, 0.717) is 6.54 Å². The summed E-state index contributed by atoms with van der Waals surface area (Å²) in [6, 6.07) is 4.86. The molecule has 2 aromatic heterocycles. The van der Waals surface area contributed by atoms with E-state index in [-0.39, 0.29) is 5.82 Å². The molecule has 0 aliphatic heterocycles. The fourth-order valence-corrected chi connectivity index (χ4v) is 3.48. The Morgan fingerprint density at radius 1 is 1.25 bits per heavy atom. The number of nitrogens with one attached hydrogen (secondary N) is 3. The van der Waals surface area contributed by atoms with Gasteiger partial charge in [0, 0.05) is 49.5 Å². The van der Waals surface area contributed by atoms with Gasteiger partial charge in [0.1, 0.15) is 5.82 Å². The van der Waals surface area contributed by atoms with E-state index < -0.39 is 0 Å². The minimum absolute atomic E-state index is 0.223. The number of fused-ring (bicyclic) bond motifs is 1. The number of aliphatic imine (C=N–C) groups is 1. The predicted molar refractivity (Wildman–Crippen MR) is 112 cm³/mol. The molecule has 7 heteroatoms. The van der Waals surface area contributed by atoms with Crippen LogP contribution in [0.4, 0.5) is 4.39 Å². The van der Waals surface area contributed by atoms with Gasteiger partial charge in [0.05, 0.1) is 5.69 Å².